The quantitative estimate of drug-likeness (QED) is 0.552. The van der Waals surface area contributed by atoms with Gasteiger partial charge in [0.2, 0.25) is 0 Å². The Labute approximate surface area is 237 Å². The number of hydrogen-bond acceptors (Lipinski definition) is 8. The highest BCUT2D eigenvalue weighted by atomic mass is 19.1. The fraction of sp³-hybridized carbons (Fsp3) is 0.562. The Bertz CT molecular complexity index is 1500. The minimum Gasteiger partial charge on any atom is -0.458 e. The lowest BCUT2D eigenvalue weighted by Crippen LogP contribution is -2.61. The molecule has 5 aliphatic rings. The number of anilines is 1. The number of ketones is 2. The Morgan fingerprint density at radius 3 is 2.78 bits per heavy atom. The fourth-order valence-corrected chi connectivity index (χ4v) is 9.85. The van der Waals surface area contributed by atoms with Crippen molar-refractivity contribution in [3.05, 3.63) is 48.1 Å². The van der Waals surface area contributed by atoms with Gasteiger partial charge in [-0.3, -0.25) is 14.4 Å². The summed E-state index contributed by atoms with van der Waals surface area (Å²) in [6.45, 7) is 5.78. The molecule has 1 aliphatic heterocycles. The molecule has 4 fully saturated rings. The number of aliphatic hydroxyl groups is 1. The van der Waals surface area contributed by atoms with Crippen LogP contribution in [0.4, 0.5) is 10.4 Å². The molecule has 2 heterocycles. The molecule has 9 unspecified atom stereocenters. The molecule has 4 aliphatic carbocycles. The number of allylic oxidation sites excluding steroid dienone is 4. The van der Waals surface area contributed by atoms with E-state index in [-0.39, 0.29) is 48.3 Å². The number of ether oxygens (including phenoxy) is 1. The van der Waals surface area contributed by atoms with E-state index in [0.717, 1.165) is 5.52 Å². The maximum atomic E-state index is 15.9. The molecule has 2 aromatic rings. The predicted octanol–water partition coefficient (Wildman–Crippen LogP) is 4.22. The van der Waals surface area contributed by atoms with Gasteiger partial charge in [-0.2, -0.15) is 4.98 Å². The number of aromatic nitrogens is 1. The summed E-state index contributed by atoms with van der Waals surface area (Å²) in [5.74, 6) is -1.52. The van der Waals surface area contributed by atoms with E-state index in [1.54, 1.807) is 6.08 Å². The van der Waals surface area contributed by atoms with Crippen molar-refractivity contribution >= 4 is 34.7 Å². The molecule has 1 saturated heterocycles. The van der Waals surface area contributed by atoms with Crippen LogP contribution in [0.2, 0.25) is 0 Å². The summed E-state index contributed by atoms with van der Waals surface area (Å²) in [7, 11) is 0. The summed E-state index contributed by atoms with van der Waals surface area (Å²) in [5.41, 5.74) is -0.550. The molecular formula is C32H35FN2O6. The third-order valence-electron chi connectivity index (χ3n) is 11.5. The SMILES string of the molecule is CC(=O)OCC(=O)C12CN(c3nc4ccccc4o3)CC1CC1C3CC(F)C4=CC(=O)C=CC4(C)C3C(O)CC12C. The van der Waals surface area contributed by atoms with Gasteiger partial charge in [0.1, 0.15) is 11.7 Å². The number of hydrogen-bond donors (Lipinski definition) is 1. The summed E-state index contributed by atoms with van der Waals surface area (Å²) in [4.78, 5) is 44.8. The van der Waals surface area contributed by atoms with Crippen LogP contribution in [0.5, 0.6) is 0 Å². The molecule has 0 amide bonds. The zero-order chi connectivity index (χ0) is 28.9. The number of Topliss-reactive ketones (excluding diaryl/α,β-unsaturated/α-hetero) is 1. The third kappa shape index (κ3) is 3.53. The lowest BCUT2D eigenvalue weighted by molar-refractivity contribution is -0.164. The number of para-hydroxylation sites is 2. The predicted molar refractivity (Wildman–Crippen MR) is 147 cm³/mol. The summed E-state index contributed by atoms with van der Waals surface area (Å²) < 4.78 is 27.2. The number of fused-ring (bicyclic) bond motifs is 8. The van der Waals surface area contributed by atoms with Crippen LogP contribution in [-0.2, 0) is 19.1 Å². The Balaban J connectivity index is 1.29. The number of carbonyl (C=O) groups excluding carboxylic acids is 3. The zero-order valence-electron chi connectivity index (χ0n) is 23.5. The maximum Gasteiger partial charge on any atom is 0.303 e. The molecule has 0 bridgehead atoms. The van der Waals surface area contributed by atoms with E-state index in [1.807, 2.05) is 36.1 Å². The smallest absolute Gasteiger partial charge is 0.303 e. The Kier molecular flexibility index (Phi) is 5.72. The second-order valence-electron chi connectivity index (χ2n) is 13.3. The van der Waals surface area contributed by atoms with Gasteiger partial charge < -0.3 is 19.2 Å². The highest BCUT2D eigenvalue weighted by Crippen LogP contribution is 2.72. The van der Waals surface area contributed by atoms with Crippen molar-refractivity contribution in [1.29, 1.82) is 0 Å². The van der Waals surface area contributed by atoms with Gasteiger partial charge in [0.15, 0.2) is 23.8 Å². The highest BCUT2D eigenvalue weighted by Gasteiger charge is 2.74. The first-order valence-electron chi connectivity index (χ1n) is 14.5. The summed E-state index contributed by atoms with van der Waals surface area (Å²) in [6.07, 6.45) is 3.82. The van der Waals surface area contributed by atoms with Gasteiger partial charge in [-0.15, -0.1) is 0 Å². The average molecular weight is 563 g/mol. The molecule has 0 spiro atoms. The number of oxazole rings is 1. The van der Waals surface area contributed by atoms with Gasteiger partial charge in [-0.25, -0.2) is 4.39 Å². The first-order chi connectivity index (χ1) is 19.5. The number of benzene rings is 1. The molecule has 9 atom stereocenters. The monoisotopic (exact) mass is 562 g/mol. The number of aliphatic hydroxyl groups excluding tert-OH is 1. The third-order valence-corrected chi connectivity index (χ3v) is 11.5. The van der Waals surface area contributed by atoms with Crippen LogP contribution in [0.25, 0.3) is 11.1 Å². The van der Waals surface area contributed by atoms with Crippen LogP contribution in [-0.4, -0.2) is 59.6 Å². The highest BCUT2D eigenvalue weighted by molar-refractivity contribution is 6.01. The summed E-state index contributed by atoms with van der Waals surface area (Å²) in [5, 5.41) is 11.9. The lowest BCUT2D eigenvalue weighted by Gasteiger charge is -2.60. The van der Waals surface area contributed by atoms with Gasteiger partial charge in [-0.05, 0) is 72.3 Å². The minimum atomic E-state index is -1.30. The fourth-order valence-electron chi connectivity index (χ4n) is 9.85. The molecule has 8 nitrogen and oxygen atoms in total. The molecule has 9 heteroatoms. The molecule has 1 N–H and O–H groups in total. The Morgan fingerprint density at radius 2 is 2.02 bits per heavy atom. The first-order valence-corrected chi connectivity index (χ1v) is 14.5. The first kappa shape index (κ1) is 26.6. The maximum absolute atomic E-state index is 15.9. The second kappa shape index (κ2) is 8.84. The van der Waals surface area contributed by atoms with E-state index < -0.39 is 34.5 Å². The number of alkyl halides is 1. The normalized spacial score (nSPS) is 41.0. The van der Waals surface area contributed by atoms with Gasteiger partial charge in [-0.1, -0.05) is 32.1 Å². The minimum absolute atomic E-state index is 0.0318. The molecule has 41 heavy (non-hydrogen) atoms. The largest absolute Gasteiger partial charge is 0.458 e. The van der Waals surface area contributed by atoms with Crippen molar-refractivity contribution in [2.45, 2.75) is 52.3 Å². The lowest BCUT2D eigenvalue weighted by atomic mass is 9.44. The van der Waals surface area contributed by atoms with E-state index in [2.05, 4.69) is 11.9 Å². The topological polar surface area (TPSA) is 110 Å². The molecular weight excluding hydrogens is 527 g/mol. The van der Waals surface area contributed by atoms with Crippen LogP contribution >= 0.6 is 0 Å². The molecule has 1 aromatic carbocycles. The number of nitrogens with zero attached hydrogens (tertiary/aromatic N) is 2. The second-order valence-corrected chi connectivity index (χ2v) is 13.3. The van der Waals surface area contributed by atoms with Crippen LogP contribution in [0.1, 0.15) is 40.0 Å². The number of halogens is 1. The van der Waals surface area contributed by atoms with E-state index >= 15 is 4.39 Å². The Hall–Kier alpha value is -3.33. The number of carbonyl (C=O) groups is 3. The van der Waals surface area contributed by atoms with Gasteiger partial charge in [0, 0.05) is 31.3 Å². The van der Waals surface area contributed by atoms with Crippen molar-refractivity contribution in [3.8, 4) is 0 Å². The van der Waals surface area contributed by atoms with E-state index in [9.17, 15) is 19.5 Å². The van der Waals surface area contributed by atoms with Crippen molar-refractivity contribution < 1.29 is 33.0 Å². The van der Waals surface area contributed by atoms with Crippen LogP contribution in [0, 0.1) is 39.9 Å². The van der Waals surface area contributed by atoms with Gasteiger partial charge in [0.25, 0.3) is 6.01 Å². The van der Waals surface area contributed by atoms with Crippen LogP contribution in [0.3, 0.4) is 0 Å². The number of rotatable bonds is 4. The molecule has 216 valence electrons. The number of esters is 1. The van der Waals surface area contributed by atoms with Crippen LogP contribution in [0.15, 0.2) is 52.5 Å². The van der Waals surface area contributed by atoms with Crippen LogP contribution < -0.4 is 4.90 Å². The Morgan fingerprint density at radius 1 is 1.24 bits per heavy atom. The van der Waals surface area contributed by atoms with Crippen molar-refractivity contribution in [2.24, 2.45) is 39.9 Å². The van der Waals surface area contributed by atoms with E-state index in [4.69, 9.17) is 9.15 Å². The van der Waals surface area contributed by atoms with E-state index in [1.165, 1.54) is 19.1 Å². The zero-order valence-corrected chi connectivity index (χ0v) is 23.5. The van der Waals surface area contributed by atoms with Crippen molar-refractivity contribution in [3.63, 3.8) is 0 Å². The summed E-state index contributed by atoms with van der Waals surface area (Å²) >= 11 is 0. The standard InChI is InChI=1S/C32H35FN2O6/c1-17(36)40-15-27(39)32-16-35(29-34-24-6-4-5-7-26(24)41-29)14-18(32)10-21-20-12-23(33)22-11-19(37)8-9-30(22,2)28(20)25(38)13-31(21,32)3/h4-9,11,18,20-21,23,25,28,38H,10,12-16H2,1-3H3. The molecule has 3 saturated carbocycles. The molecule has 1 aromatic heterocycles. The molecule has 0 radical (unpaired) electrons. The van der Waals surface area contributed by atoms with Crippen molar-refractivity contribution in [1.82, 2.24) is 4.98 Å². The van der Waals surface area contributed by atoms with Crippen molar-refractivity contribution in [2.75, 3.05) is 24.6 Å². The van der Waals surface area contributed by atoms with Gasteiger partial charge >= 0.3 is 5.97 Å². The molecule has 7 rings (SSSR count). The summed E-state index contributed by atoms with van der Waals surface area (Å²) in [6, 6.07) is 7.95. The average Bonchev–Trinajstić information content (AvgIpc) is 3.58. The van der Waals surface area contributed by atoms with E-state index in [0.29, 0.717) is 43.1 Å². The van der Waals surface area contributed by atoms with Gasteiger partial charge in [0.05, 0.1) is 11.5 Å².